The molecule has 3 N–H and O–H groups in total. The molecule has 0 radical (unpaired) electrons. The Morgan fingerprint density at radius 3 is 1.80 bits per heavy atom. The smallest absolute Gasteiger partial charge is 0.430 e. The van der Waals surface area contributed by atoms with Crippen LogP contribution in [0.15, 0.2) is 24.3 Å². The average molecular weight is 221 g/mol. The third kappa shape index (κ3) is 6.50. The van der Waals surface area contributed by atoms with Crippen LogP contribution in [-0.4, -0.2) is 12.1 Å². The van der Waals surface area contributed by atoms with Crippen LogP contribution in [-0.2, 0) is 4.79 Å². The standard InChI is InChI=1S/C7H9N.C2HF3O2/c1-6-2-4-7(8)5-3-6;3-2(4,5)1(6)7/h2-5H,8H2,1H3;(H,6,7). The summed E-state index contributed by atoms with van der Waals surface area (Å²) in [6.07, 6.45) is -5.19. The summed E-state index contributed by atoms with van der Waals surface area (Å²) in [5.41, 5.74) is 6.13. The highest BCUT2D eigenvalue weighted by Gasteiger charge is 2.28. The first-order chi connectivity index (χ1) is 6.73. The number of carboxylic acids is 1. The summed E-state index contributed by atoms with van der Waals surface area (Å²) in [5, 5.41) is 8.78. The van der Waals surface area contributed by atoms with Crippen molar-refractivity contribution in [1.82, 2.24) is 0 Å². The third-order valence-electron chi connectivity index (χ3n) is 1.35. The number of aliphatic carboxylic acids is 1. The molecule has 0 amide bonds. The topological polar surface area (TPSA) is 67.8 Å². The van der Waals surface area contributed by atoms with Crippen LogP contribution >= 0.6 is 0 Å². The SMILES string of the molecule is Cc1ccc([NH3+])cc1.O=C([O-])C(F)(F)F. The molecule has 0 bridgehead atoms. The first-order valence-corrected chi connectivity index (χ1v) is 3.90. The minimum absolute atomic E-state index is 1.08. The molecule has 0 spiro atoms. The molecule has 15 heavy (non-hydrogen) atoms. The second-order valence-corrected chi connectivity index (χ2v) is 2.77. The molecule has 0 atom stereocenters. The Balaban J connectivity index is 0.000000265. The second-order valence-electron chi connectivity index (χ2n) is 2.77. The van der Waals surface area contributed by atoms with Crippen LogP contribution in [0.2, 0.25) is 0 Å². The number of aryl methyl sites for hydroxylation is 1. The largest absolute Gasteiger partial charge is 0.542 e. The molecule has 0 saturated carbocycles. The molecule has 0 fully saturated rings. The molecular weight excluding hydrogens is 211 g/mol. The van der Waals surface area contributed by atoms with Gasteiger partial charge in [-0.05, 0) is 19.1 Å². The first-order valence-electron chi connectivity index (χ1n) is 3.90. The highest BCUT2D eigenvalue weighted by Crippen LogP contribution is 2.11. The highest BCUT2D eigenvalue weighted by atomic mass is 19.4. The predicted octanol–water partition coefficient (Wildman–Crippen LogP) is 0.167. The van der Waals surface area contributed by atoms with E-state index in [9.17, 15) is 13.2 Å². The van der Waals surface area contributed by atoms with Gasteiger partial charge in [0.25, 0.3) is 0 Å². The van der Waals surface area contributed by atoms with Gasteiger partial charge in [-0.15, -0.1) is 0 Å². The molecule has 1 rings (SSSR count). The number of carbonyl (C=O) groups excluding carboxylic acids is 1. The Hall–Kier alpha value is -1.56. The number of rotatable bonds is 0. The average Bonchev–Trinajstić information content (AvgIpc) is 2.09. The number of hydrogen-bond donors (Lipinski definition) is 1. The summed E-state index contributed by atoms with van der Waals surface area (Å²) in [6, 6.07) is 8.13. The van der Waals surface area contributed by atoms with Gasteiger partial charge in [0.2, 0.25) is 0 Å². The summed E-state index contributed by atoms with van der Waals surface area (Å²) in [6.45, 7) is 2.07. The lowest BCUT2D eigenvalue weighted by atomic mass is 10.2. The van der Waals surface area contributed by atoms with Crippen molar-refractivity contribution in [3.05, 3.63) is 29.8 Å². The van der Waals surface area contributed by atoms with Crippen LogP contribution in [0, 0.1) is 6.92 Å². The predicted molar refractivity (Wildman–Crippen MR) is 44.8 cm³/mol. The summed E-state index contributed by atoms with van der Waals surface area (Å²) in [4.78, 5) is 8.78. The van der Waals surface area contributed by atoms with Crippen LogP contribution < -0.4 is 10.8 Å². The number of quaternary nitrogens is 1. The molecule has 0 heterocycles. The van der Waals surface area contributed by atoms with Crippen molar-refractivity contribution in [3.8, 4) is 0 Å². The van der Waals surface area contributed by atoms with Crippen LogP contribution in [0.1, 0.15) is 5.56 Å². The summed E-state index contributed by atoms with van der Waals surface area (Å²) in [7, 11) is 0. The first kappa shape index (κ1) is 13.4. The second kappa shape index (κ2) is 5.35. The van der Waals surface area contributed by atoms with E-state index in [0.717, 1.165) is 5.69 Å². The lowest BCUT2D eigenvalue weighted by Crippen LogP contribution is -2.39. The maximum Gasteiger partial charge on any atom is 0.430 e. The number of carboxylic acid groups (broad SMARTS) is 1. The third-order valence-corrected chi connectivity index (χ3v) is 1.35. The van der Waals surface area contributed by atoms with Gasteiger partial charge in [0.05, 0.1) is 0 Å². The van der Waals surface area contributed by atoms with Crippen molar-refractivity contribution in [2.45, 2.75) is 13.1 Å². The monoisotopic (exact) mass is 221 g/mol. The molecule has 0 aromatic heterocycles. The van der Waals surface area contributed by atoms with Crippen LogP contribution in [0.3, 0.4) is 0 Å². The maximum atomic E-state index is 10.5. The van der Waals surface area contributed by atoms with E-state index < -0.39 is 12.1 Å². The van der Waals surface area contributed by atoms with Gasteiger partial charge in [-0.2, -0.15) is 13.2 Å². The molecule has 0 aliphatic carbocycles. The molecular formula is C9H10F3NO2. The van der Waals surface area contributed by atoms with E-state index in [1.807, 2.05) is 12.1 Å². The Kier molecular flexibility index (Phi) is 4.80. The Bertz CT molecular complexity index is 298. The van der Waals surface area contributed by atoms with Crippen LogP contribution in [0.5, 0.6) is 0 Å². The summed E-state index contributed by atoms with van der Waals surface area (Å²) < 4.78 is 31.5. The van der Waals surface area contributed by atoms with E-state index in [1.165, 1.54) is 5.56 Å². The fourth-order valence-corrected chi connectivity index (χ4v) is 0.588. The van der Waals surface area contributed by atoms with Crippen molar-refractivity contribution < 1.29 is 28.8 Å². The van der Waals surface area contributed by atoms with Crippen LogP contribution in [0.4, 0.5) is 18.9 Å². The molecule has 0 unspecified atom stereocenters. The molecule has 1 aromatic carbocycles. The van der Waals surface area contributed by atoms with Gasteiger partial charge in [0, 0.05) is 0 Å². The molecule has 0 aliphatic heterocycles. The number of halogens is 3. The maximum absolute atomic E-state index is 10.5. The fraction of sp³-hybridized carbons (Fsp3) is 0.222. The zero-order valence-corrected chi connectivity index (χ0v) is 7.97. The van der Waals surface area contributed by atoms with E-state index in [1.54, 1.807) is 0 Å². The zero-order chi connectivity index (χ0) is 12.1. The van der Waals surface area contributed by atoms with Gasteiger partial charge >= 0.3 is 6.18 Å². The molecule has 0 saturated heterocycles. The van der Waals surface area contributed by atoms with Gasteiger partial charge in [0.15, 0.2) is 0 Å². The minimum Gasteiger partial charge on any atom is -0.542 e. The van der Waals surface area contributed by atoms with E-state index in [-0.39, 0.29) is 0 Å². The van der Waals surface area contributed by atoms with Crippen molar-refractivity contribution in [2.75, 3.05) is 0 Å². The number of carbonyl (C=O) groups is 1. The van der Waals surface area contributed by atoms with Crippen molar-refractivity contribution >= 4 is 11.7 Å². The lowest BCUT2D eigenvalue weighted by molar-refractivity contribution is -0.344. The quantitative estimate of drug-likeness (QED) is 0.678. The summed E-state index contributed by atoms with van der Waals surface area (Å²) >= 11 is 0. The zero-order valence-electron chi connectivity index (χ0n) is 7.97. The Morgan fingerprint density at radius 2 is 1.60 bits per heavy atom. The van der Waals surface area contributed by atoms with E-state index >= 15 is 0 Å². The van der Waals surface area contributed by atoms with Gasteiger partial charge in [-0.25, -0.2) is 0 Å². The normalized spacial score (nSPS) is 10.2. The Labute approximate surface area is 84.3 Å². The van der Waals surface area contributed by atoms with Gasteiger partial charge in [-0.1, -0.05) is 17.7 Å². The molecule has 6 heteroatoms. The minimum atomic E-state index is -5.19. The lowest BCUT2D eigenvalue weighted by Gasteiger charge is -2.03. The van der Waals surface area contributed by atoms with Crippen molar-refractivity contribution in [3.63, 3.8) is 0 Å². The highest BCUT2D eigenvalue weighted by molar-refractivity contribution is 5.70. The van der Waals surface area contributed by atoms with E-state index in [4.69, 9.17) is 9.90 Å². The number of alkyl halides is 3. The van der Waals surface area contributed by atoms with Crippen molar-refractivity contribution in [2.24, 2.45) is 0 Å². The Morgan fingerprint density at radius 1 is 1.27 bits per heavy atom. The van der Waals surface area contributed by atoms with Gasteiger partial charge in [0.1, 0.15) is 11.7 Å². The van der Waals surface area contributed by atoms with E-state index in [2.05, 4.69) is 24.8 Å². The number of hydrogen-bond acceptors (Lipinski definition) is 2. The van der Waals surface area contributed by atoms with Gasteiger partial charge in [-0.3, -0.25) is 0 Å². The van der Waals surface area contributed by atoms with Crippen molar-refractivity contribution in [1.29, 1.82) is 0 Å². The molecule has 0 aliphatic rings. The molecule has 84 valence electrons. The van der Waals surface area contributed by atoms with Crippen LogP contribution in [0.25, 0.3) is 0 Å². The van der Waals surface area contributed by atoms with Gasteiger partial charge < -0.3 is 15.6 Å². The van der Waals surface area contributed by atoms with E-state index in [0.29, 0.717) is 0 Å². The summed E-state index contributed by atoms with van der Waals surface area (Å²) in [5.74, 6) is -3.01. The fourth-order valence-electron chi connectivity index (χ4n) is 0.588. The molecule has 1 aromatic rings. The number of benzene rings is 1. The molecule has 3 nitrogen and oxygen atoms in total.